The molecule has 0 saturated heterocycles. The van der Waals surface area contributed by atoms with Crippen molar-refractivity contribution in [3.05, 3.63) is 0 Å². The fraction of sp³-hybridized carbons (Fsp3) is 1.00. The topological polar surface area (TPSA) is 38.7 Å². The standard InChI is InChI=1S/C7H16O3/c1-4-6(9-2)7(5-8)10-3/h6-8H,4-5H2,1-3H3. The summed E-state index contributed by atoms with van der Waals surface area (Å²) in [6.45, 7) is 2.01. The van der Waals surface area contributed by atoms with E-state index in [0.29, 0.717) is 0 Å². The van der Waals surface area contributed by atoms with Crippen molar-refractivity contribution in [3.63, 3.8) is 0 Å². The zero-order valence-electron chi connectivity index (χ0n) is 6.83. The first-order valence-corrected chi connectivity index (χ1v) is 3.46. The molecule has 0 aromatic rings. The van der Waals surface area contributed by atoms with Gasteiger partial charge in [0, 0.05) is 14.2 Å². The first kappa shape index (κ1) is 9.88. The molecule has 0 aromatic carbocycles. The van der Waals surface area contributed by atoms with Gasteiger partial charge < -0.3 is 14.6 Å². The Hall–Kier alpha value is -0.120. The summed E-state index contributed by atoms with van der Waals surface area (Å²) in [6, 6.07) is 0. The van der Waals surface area contributed by atoms with Crippen LogP contribution in [0.25, 0.3) is 0 Å². The van der Waals surface area contributed by atoms with Crippen molar-refractivity contribution in [1.29, 1.82) is 0 Å². The lowest BCUT2D eigenvalue weighted by atomic mass is 10.1. The second-order valence-corrected chi connectivity index (χ2v) is 2.14. The van der Waals surface area contributed by atoms with Crippen LogP contribution in [0.3, 0.4) is 0 Å². The third-order valence-electron chi connectivity index (χ3n) is 1.60. The zero-order chi connectivity index (χ0) is 7.98. The van der Waals surface area contributed by atoms with Gasteiger partial charge in [0.05, 0.1) is 12.7 Å². The molecular formula is C7H16O3. The molecule has 0 fully saturated rings. The van der Waals surface area contributed by atoms with Crippen molar-refractivity contribution in [2.45, 2.75) is 25.6 Å². The van der Waals surface area contributed by atoms with E-state index >= 15 is 0 Å². The van der Waals surface area contributed by atoms with E-state index in [1.165, 1.54) is 0 Å². The monoisotopic (exact) mass is 148 g/mol. The van der Waals surface area contributed by atoms with Crippen molar-refractivity contribution in [3.8, 4) is 0 Å². The fourth-order valence-electron chi connectivity index (χ4n) is 0.925. The molecular weight excluding hydrogens is 132 g/mol. The third-order valence-corrected chi connectivity index (χ3v) is 1.60. The Balaban J connectivity index is 3.70. The summed E-state index contributed by atoms with van der Waals surface area (Å²) in [4.78, 5) is 0. The van der Waals surface area contributed by atoms with Crippen molar-refractivity contribution < 1.29 is 14.6 Å². The number of hydrogen-bond acceptors (Lipinski definition) is 3. The Labute approximate surface area is 62.0 Å². The van der Waals surface area contributed by atoms with Crippen LogP contribution in [0.2, 0.25) is 0 Å². The molecule has 1 N–H and O–H groups in total. The third kappa shape index (κ3) is 2.64. The molecule has 0 aliphatic carbocycles. The number of ether oxygens (including phenoxy) is 2. The van der Waals surface area contributed by atoms with Crippen LogP contribution in [0.1, 0.15) is 13.3 Å². The Morgan fingerprint density at radius 1 is 1.20 bits per heavy atom. The lowest BCUT2D eigenvalue weighted by Crippen LogP contribution is -2.32. The van der Waals surface area contributed by atoms with Crippen LogP contribution >= 0.6 is 0 Å². The molecule has 0 radical (unpaired) electrons. The van der Waals surface area contributed by atoms with Gasteiger partial charge in [-0.25, -0.2) is 0 Å². The van der Waals surface area contributed by atoms with Gasteiger partial charge in [-0.2, -0.15) is 0 Å². The Kier molecular flexibility index (Phi) is 5.58. The van der Waals surface area contributed by atoms with Gasteiger partial charge in [0.2, 0.25) is 0 Å². The predicted molar refractivity (Wildman–Crippen MR) is 39.0 cm³/mol. The minimum absolute atomic E-state index is 0.00926. The lowest BCUT2D eigenvalue weighted by molar-refractivity contribution is -0.0607. The summed E-state index contributed by atoms with van der Waals surface area (Å²) in [5.41, 5.74) is 0. The van der Waals surface area contributed by atoms with Gasteiger partial charge in [-0.1, -0.05) is 6.92 Å². The second-order valence-electron chi connectivity index (χ2n) is 2.14. The Morgan fingerprint density at radius 3 is 1.80 bits per heavy atom. The summed E-state index contributed by atoms with van der Waals surface area (Å²) in [5, 5.41) is 8.75. The van der Waals surface area contributed by atoms with Gasteiger partial charge in [0.15, 0.2) is 0 Å². The first-order valence-electron chi connectivity index (χ1n) is 3.46. The van der Waals surface area contributed by atoms with Crippen LogP contribution in [0, 0.1) is 0 Å². The number of rotatable bonds is 5. The highest BCUT2D eigenvalue weighted by molar-refractivity contribution is 4.66. The number of hydrogen-bond donors (Lipinski definition) is 1. The molecule has 10 heavy (non-hydrogen) atoms. The van der Waals surface area contributed by atoms with Gasteiger partial charge in [-0.15, -0.1) is 0 Å². The second kappa shape index (κ2) is 5.65. The molecule has 3 heteroatoms. The highest BCUT2D eigenvalue weighted by atomic mass is 16.5. The molecule has 0 aliphatic heterocycles. The largest absolute Gasteiger partial charge is 0.394 e. The molecule has 0 bridgehead atoms. The molecule has 0 rings (SSSR count). The highest BCUT2D eigenvalue weighted by Crippen LogP contribution is 2.05. The molecule has 0 spiro atoms. The average Bonchev–Trinajstić information content (AvgIpc) is 2.00. The molecule has 2 unspecified atom stereocenters. The quantitative estimate of drug-likeness (QED) is 0.614. The van der Waals surface area contributed by atoms with Crippen molar-refractivity contribution >= 4 is 0 Å². The molecule has 2 atom stereocenters. The van der Waals surface area contributed by atoms with Gasteiger partial charge >= 0.3 is 0 Å². The van der Waals surface area contributed by atoms with E-state index in [1.807, 2.05) is 6.92 Å². The van der Waals surface area contributed by atoms with Gasteiger partial charge in [0.25, 0.3) is 0 Å². The highest BCUT2D eigenvalue weighted by Gasteiger charge is 2.17. The van der Waals surface area contributed by atoms with Gasteiger partial charge in [-0.3, -0.25) is 0 Å². The van der Waals surface area contributed by atoms with E-state index < -0.39 is 0 Å². The Morgan fingerprint density at radius 2 is 1.70 bits per heavy atom. The van der Waals surface area contributed by atoms with E-state index in [9.17, 15) is 0 Å². The maximum Gasteiger partial charge on any atom is 0.106 e. The molecule has 62 valence electrons. The lowest BCUT2D eigenvalue weighted by Gasteiger charge is -2.21. The smallest absolute Gasteiger partial charge is 0.106 e. The maximum atomic E-state index is 8.75. The van der Waals surface area contributed by atoms with Gasteiger partial charge in [-0.05, 0) is 6.42 Å². The normalized spacial score (nSPS) is 16.8. The summed E-state index contributed by atoms with van der Waals surface area (Å²) >= 11 is 0. The minimum atomic E-state index is -0.185. The summed E-state index contributed by atoms with van der Waals surface area (Å²) in [6.07, 6.45) is 0.681. The zero-order valence-corrected chi connectivity index (χ0v) is 6.83. The molecule has 0 aromatic heterocycles. The molecule has 3 nitrogen and oxygen atoms in total. The van der Waals surface area contributed by atoms with Crippen LogP contribution in [0.15, 0.2) is 0 Å². The Bertz CT molecular complexity index is 57.3. The average molecular weight is 148 g/mol. The van der Waals surface area contributed by atoms with E-state index in [0.717, 1.165) is 6.42 Å². The van der Waals surface area contributed by atoms with Crippen molar-refractivity contribution in [2.24, 2.45) is 0 Å². The van der Waals surface area contributed by atoms with E-state index in [-0.39, 0.29) is 18.8 Å². The predicted octanol–water partition coefficient (Wildman–Crippen LogP) is 0.419. The van der Waals surface area contributed by atoms with Crippen LogP contribution in [0.4, 0.5) is 0 Å². The van der Waals surface area contributed by atoms with Crippen molar-refractivity contribution in [1.82, 2.24) is 0 Å². The summed E-state index contributed by atoms with van der Waals surface area (Å²) in [7, 11) is 3.19. The van der Waals surface area contributed by atoms with E-state index in [4.69, 9.17) is 14.6 Å². The molecule has 0 amide bonds. The number of aliphatic hydroxyl groups is 1. The number of methoxy groups -OCH3 is 2. The molecule has 0 saturated carbocycles. The SMILES string of the molecule is CCC(OC)C(CO)OC. The first-order chi connectivity index (χ1) is 4.79. The van der Waals surface area contributed by atoms with Crippen LogP contribution in [-0.4, -0.2) is 38.1 Å². The minimum Gasteiger partial charge on any atom is -0.394 e. The number of aliphatic hydroxyl groups excluding tert-OH is 1. The molecule has 0 aliphatic rings. The van der Waals surface area contributed by atoms with E-state index in [1.54, 1.807) is 14.2 Å². The fourth-order valence-corrected chi connectivity index (χ4v) is 0.925. The van der Waals surface area contributed by atoms with E-state index in [2.05, 4.69) is 0 Å². The summed E-state index contributed by atoms with van der Waals surface area (Å²) in [5.74, 6) is 0. The van der Waals surface area contributed by atoms with Crippen LogP contribution < -0.4 is 0 Å². The van der Waals surface area contributed by atoms with Crippen LogP contribution in [0.5, 0.6) is 0 Å². The summed E-state index contributed by atoms with van der Waals surface area (Å²) < 4.78 is 10.0. The maximum absolute atomic E-state index is 8.75. The van der Waals surface area contributed by atoms with Crippen molar-refractivity contribution in [2.75, 3.05) is 20.8 Å². The van der Waals surface area contributed by atoms with Crippen LogP contribution in [-0.2, 0) is 9.47 Å². The van der Waals surface area contributed by atoms with Gasteiger partial charge in [0.1, 0.15) is 6.10 Å². The molecule has 0 heterocycles.